The number of rotatable bonds is 7. The molecule has 1 aliphatic carbocycles. The predicted molar refractivity (Wildman–Crippen MR) is 120 cm³/mol. The molecule has 1 saturated carbocycles. The Bertz CT molecular complexity index is 648. The largest absolute Gasteiger partial charge is 0.379 e. The molecule has 162 valence electrons. The molecule has 0 bridgehead atoms. The molecule has 6 heteroatoms. The molecule has 1 heterocycles. The van der Waals surface area contributed by atoms with Gasteiger partial charge in [-0.1, -0.05) is 43.5 Å². The quantitative estimate of drug-likeness (QED) is 0.543. The highest BCUT2D eigenvalue weighted by molar-refractivity contribution is 5.79. The number of hydrogen-bond acceptors (Lipinski definition) is 4. The molecule has 2 fully saturated rings. The van der Waals surface area contributed by atoms with Crippen LogP contribution in [0.15, 0.2) is 29.3 Å². The van der Waals surface area contributed by atoms with Crippen LogP contribution in [0.4, 0.5) is 0 Å². The highest BCUT2D eigenvalue weighted by Gasteiger charge is 2.38. The standard InChI is InChI=1S/C23H39N5O/c1-24-22(25-17-20-8-7-9-21(16-20)18-27(2)3)26-19-23(10-5-4-6-11-23)28-12-14-29-15-13-28/h7-9,16H,4-6,10-15,17-19H2,1-3H3,(H2,24,25,26). The molecule has 6 nitrogen and oxygen atoms in total. The van der Waals surface area contributed by atoms with E-state index in [2.05, 4.69) is 63.8 Å². The van der Waals surface area contributed by atoms with Crippen LogP contribution < -0.4 is 10.6 Å². The Hall–Kier alpha value is -1.63. The van der Waals surface area contributed by atoms with E-state index < -0.39 is 0 Å². The number of morpholine rings is 1. The van der Waals surface area contributed by atoms with E-state index in [1.807, 2.05) is 7.05 Å². The first-order valence-corrected chi connectivity index (χ1v) is 11.1. The van der Waals surface area contributed by atoms with E-state index in [-0.39, 0.29) is 5.54 Å². The van der Waals surface area contributed by atoms with E-state index in [4.69, 9.17) is 4.74 Å². The van der Waals surface area contributed by atoms with Crippen LogP contribution in [-0.4, -0.2) is 75.3 Å². The second kappa shape index (κ2) is 11.0. The first kappa shape index (κ1) is 22.1. The summed E-state index contributed by atoms with van der Waals surface area (Å²) in [5.41, 5.74) is 2.87. The van der Waals surface area contributed by atoms with Gasteiger partial charge in [-0.3, -0.25) is 9.89 Å². The number of aliphatic imine (C=N–C) groups is 1. The van der Waals surface area contributed by atoms with Crippen molar-refractivity contribution >= 4 is 5.96 Å². The molecule has 0 atom stereocenters. The van der Waals surface area contributed by atoms with Gasteiger partial charge in [-0.15, -0.1) is 0 Å². The summed E-state index contributed by atoms with van der Waals surface area (Å²) >= 11 is 0. The molecular formula is C23H39N5O. The van der Waals surface area contributed by atoms with Gasteiger partial charge >= 0.3 is 0 Å². The van der Waals surface area contributed by atoms with Crippen LogP contribution in [0.1, 0.15) is 43.2 Å². The van der Waals surface area contributed by atoms with Crippen LogP contribution in [-0.2, 0) is 17.8 Å². The van der Waals surface area contributed by atoms with Gasteiger partial charge in [-0.2, -0.15) is 0 Å². The fraction of sp³-hybridized carbons (Fsp3) is 0.696. The van der Waals surface area contributed by atoms with Crippen LogP contribution in [0.25, 0.3) is 0 Å². The van der Waals surface area contributed by atoms with Crippen molar-refractivity contribution in [3.05, 3.63) is 35.4 Å². The molecule has 2 N–H and O–H groups in total. The molecule has 0 radical (unpaired) electrons. The van der Waals surface area contributed by atoms with Crippen molar-refractivity contribution in [1.29, 1.82) is 0 Å². The third-order valence-corrected chi connectivity index (χ3v) is 6.22. The van der Waals surface area contributed by atoms with E-state index >= 15 is 0 Å². The van der Waals surface area contributed by atoms with Gasteiger partial charge in [-0.05, 0) is 38.1 Å². The van der Waals surface area contributed by atoms with E-state index in [0.29, 0.717) is 0 Å². The van der Waals surface area contributed by atoms with Crippen LogP contribution in [0, 0.1) is 0 Å². The number of ether oxygens (including phenoxy) is 1. The minimum atomic E-state index is 0.241. The molecular weight excluding hydrogens is 362 g/mol. The van der Waals surface area contributed by atoms with Gasteiger partial charge in [0.05, 0.1) is 13.2 Å². The SMILES string of the molecule is CN=C(NCc1cccc(CN(C)C)c1)NCC1(N2CCOCC2)CCCCC1. The van der Waals surface area contributed by atoms with Crippen molar-refractivity contribution in [1.82, 2.24) is 20.4 Å². The van der Waals surface area contributed by atoms with Gasteiger partial charge in [0.25, 0.3) is 0 Å². The molecule has 0 amide bonds. The van der Waals surface area contributed by atoms with Gasteiger partial charge in [0.1, 0.15) is 0 Å². The Morgan fingerprint density at radius 1 is 1.10 bits per heavy atom. The Morgan fingerprint density at radius 3 is 2.52 bits per heavy atom. The lowest BCUT2D eigenvalue weighted by Gasteiger charge is -2.48. The Kier molecular flexibility index (Phi) is 8.33. The van der Waals surface area contributed by atoms with Crippen LogP contribution in [0.5, 0.6) is 0 Å². The molecule has 1 aromatic rings. The maximum Gasteiger partial charge on any atom is 0.191 e. The fourth-order valence-corrected chi connectivity index (χ4v) is 4.71. The lowest BCUT2D eigenvalue weighted by molar-refractivity contribution is -0.0352. The molecule has 2 aliphatic rings. The number of guanidine groups is 1. The summed E-state index contributed by atoms with van der Waals surface area (Å²) in [5.74, 6) is 0.890. The van der Waals surface area contributed by atoms with E-state index in [9.17, 15) is 0 Å². The second-order valence-electron chi connectivity index (χ2n) is 8.72. The predicted octanol–water partition coefficient (Wildman–Crippen LogP) is 2.45. The molecule has 1 saturated heterocycles. The number of benzene rings is 1. The maximum absolute atomic E-state index is 5.60. The molecule has 29 heavy (non-hydrogen) atoms. The summed E-state index contributed by atoms with van der Waals surface area (Å²) in [6.45, 7) is 6.51. The summed E-state index contributed by atoms with van der Waals surface area (Å²) in [7, 11) is 6.07. The Morgan fingerprint density at radius 2 is 1.83 bits per heavy atom. The van der Waals surface area contributed by atoms with Crippen LogP contribution >= 0.6 is 0 Å². The third-order valence-electron chi connectivity index (χ3n) is 6.22. The fourth-order valence-electron chi connectivity index (χ4n) is 4.71. The summed E-state index contributed by atoms with van der Waals surface area (Å²) in [5, 5.41) is 7.15. The van der Waals surface area contributed by atoms with Gasteiger partial charge in [0.15, 0.2) is 5.96 Å². The maximum atomic E-state index is 5.60. The normalized spacial score (nSPS) is 20.6. The average Bonchev–Trinajstić information content (AvgIpc) is 2.75. The van der Waals surface area contributed by atoms with Gasteiger partial charge in [0, 0.05) is 45.3 Å². The minimum absolute atomic E-state index is 0.241. The number of nitrogens with one attached hydrogen (secondary N) is 2. The Balaban J connectivity index is 1.56. The van der Waals surface area contributed by atoms with Crippen LogP contribution in [0.2, 0.25) is 0 Å². The third kappa shape index (κ3) is 6.43. The zero-order chi connectivity index (χ0) is 20.5. The van der Waals surface area contributed by atoms with Crippen molar-refractivity contribution < 1.29 is 4.74 Å². The zero-order valence-corrected chi connectivity index (χ0v) is 18.5. The van der Waals surface area contributed by atoms with Crippen molar-refractivity contribution in [2.75, 3.05) is 54.0 Å². The number of nitrogens with zero attached hydrogens (tertiary/aromatic N) is 3. The van der Waals surface area contributed by atoms with Crippen molar-refractivity contribution in [2.24, 2.45) is 4.99 Å². The van der Waals surface area contributed by atoms with Crippen LogP contribution in [0.3, 0.4) is 0 Å². The van der Waals surface area contributed by atoms with Crippen molar-refractivity contribution in [3.63, 3.8) is 0 Å². The smallest absolute Gasteiger partial charge is 0.191 e. The molecule has 1 aromatic carbocycles. The first-order chi connectivity index (χ1) is 14.1. The summed E-state index contributed by atoms with van der Waals surface area (Å²) in [4.78, 5) is 9.34. The second-order valence-corrected chi connectivity index (χ2v) is 8.72. The van der Waals surface area contributed by atoms with Gasteiger partial charge in [-0.25, -0.2) is 0 Å². The summed E-state index contributed by atoms with van der Waals surface area (Å²) in [6, 6.07) is 8.78. The number of hydrogen-bond donors (Lipinski definition) is 2. The lowest BCUT2D eigenvalue weighted by atomic mass is 9.80. The molecule has 3 rings (SSSR count). The Labute approximate surface area is 176 Å². The van der Waals surface area contributed by atoms with E-state index in [0.717, 1.165) is 51.9 Å². The average molecular weight is 402 g/mol. The first-order valence-electron chi connectivity index (χ1n) is 11.1. The minimum Gasteiger partial charge on any atom is -0.379 e. The molecule has 0 aromatic heterocycles. The monoisotopic (exact) mass is 401 g/mol. The van der Waals surface area contributed by atoms with E-state index in [1.165, 1.54) is 43.2 Å². The van der Waals surface area contributed by atoms with Gasteiger partial charge < -0.3 is 20.3 Å². The zero-order valence-electron chi connectivity index (χ0n) is 18.5. The molecule has 1 aliphatic heterocycles. The molecule has 0 spiro atoms. The van der Waals surface area contributed by atoms with Crippen molar-refractivity contribution in [2.45, 2.75) is 50.7 Å². The summed E-state index contributed by atoms with van der Waals surface area (Å²) < 4.78 is 5.60. The highest BCUT2D eigenvalue weighted by Crippen LogP contribution is 2.33. The van der Waals surface area contributed by atoms with Gasteiger partial charge in [0.2, 0.25) is 0 Å². The van der Waals surface area contributed by atoms with E-state index in [1.54, 1.807) is 0 Å². The lowest BCUT2D eigenvalue weighted by Crippen LogP contribution is -2.60. The molecule has 0 unspecified atom stereocenters. The topological polar surface area (TPSA) is 52.1 Å². The van der Waals surface area contributed by atoms with Crippen molar-refractivity contribution in [3.8, 4) is 0 Å². The summed E-state index contributed by atoms with van der Waals surface area (Å²) in [6.07, 6.45) is 6.54. The highest BCUT2D eigenvalue weighted by atomic mass is 16.5.